The number of rotatable bonds is 6. The average Bonchev–Trinajstić information content (AvgIpc) is 2.61. The number of hydrogen-bond acceptors (Lipinski definition) is 3. The molecular weight excluding hydrogens is 302 g/mol. The number of nitrogens with one attached hydrogen (secondary N) is 1. The molecule has 1 amide bonds. The third kappa shape index (κ3) is 4.44. The summed E-state index contributed by atoms with van der Waals surface area (Å²) in [6.45, 7) is 5.72. The van der Waals surface area contributed by atoms with E-state index < -0.39 is 5.97 Å². The minimum Gasteiger partial charge on any atom is -0.452 e. The summed E-state index contributed by atoms with van der Waals surface area (Å²) in [4.78, 5) is 24.1. The molecule has 0 radical (unpaired) electrons. The fraction of sp³-hybridized carbons (Fsp3) is 0.300. The van der Waals surface area contributed by atoms with Crippen LogP contribution in [0.25, 0.3) is 0 Å². The van der Waals surface area contributed by atoms with Gasteiger partial charge in [-0.2, -0.15) is 0 Å². The van der Waals surface area contributed by atoms with Gasteiger partial charge in [0.15, 0.2) is 6.61 Å². The van der Waals surface area contributed by atoms with Gasteiger partial charge >= 0.3 is 5.97 Å². The molecular formula is C20H23NO3. The van der Waals surface area contributed by atoms with Crippen LogP contribution in [-0.2, 0) is 22.4 Å². The van der Waals surface area contributed by atoms with Crippen LogP contribution in [0.15, 0.2) is 42.5 Å². The summed E-state index contributed by atoms with van der Waals surface area (Å²) in [6, 6.07) is 13.1. The molecule has 0 unspecified atom stereocenters. The Morgan fingerprint density at radius 3 is 2.33 bits per heavy atom. The zero-order chi connectivity index (χ0) is 17.5. The maximum absolute atomic E-state index is 12.1. The molecule has 0 saturated carbocycles. The number of anilines is 1. The number of benzene rings is 2. The molecule has 0 atom stereocenters. The standard InChI is InChI=1S/C20H23NO3/c1-4-15-9-11-17(12-10-15)20(23)24-13-18(22)21-19-14(3)7-6-8-16(19)5-2/h6-12H,4-5,13H2,1-3H3,(H,21,22). The molecule has 0 aliphatic heterocycles. The highest BCUT2D eigenvalue weighted by Gasteiger charge is 2.12. The van der Waals surface area contributed by atoms with Crippen LogP contribution in [-0.4, -0.2) is 18.5 Å². The van der Waals surface area contributed by atoms with Gasteiger partial charge < -0.3 is 10.1 Å². The summed E-state index contributed by atoms with van der Waals surface area (Å²) in [6.07, 6.45) is 1.73. The first-order valence-electron chi connectivity index (χ1n) is 8.19. The maximum atomic E-state index is 12.1. The van der Waals surface area contributed by atoms with Crippen molar-refractivity contribution >= 4 is 17.6 Å². The van der Waals surface area contributed by atoms with E-state index in [0.717, 1.165) is 35.2 Å². The number of ether oxygens (including phenoxy) is 1. The molecule has 0 heterocycles. The van der Waals surface area contributed by atoms with Crippen molar-refractivity contribution in [1.29, 1.82) is 0 Å². The molecule has 0 spiro atoms. The zero-order valence-corrected chi connectivity index (χ0v) is 14.4. The zero-order valence-electron chi connectivity index (χ0n) is 14.4. The van der Waals surface area contributed by atoms with E-state index in [2.05, 4.69) is 5.32 Å². The smallest absolute Gasteiger partial charge is 0.338 e. The van der Waals surface area contributed by atoms with Gasteiger partial charge in [0.2, 0.25) is 0 Å². The Bertz CT molecular complexity index is 720. The lowest BCUT2D eigenvalue weighted by Crippen LogP contribution is -2.22. The van der Waals surface area contributed by atoms with Crippen LogP contribution < -0.4 is 5.32 Å². The second-order valence-electron chi connectivity index (χ2n) is 5.64. The molecule has 126 valence electrons. The third-order valence-electron chi connectivity index (χ3n) is 3.94. The average molecular weight is 325 g/mol. The van der Waals surface area contributed by atoms with Crippen molar-refractivity contribution in [2.24, 2.45) is 0 Å². The fourth-order valence-electron chi connectivity index (χ4n) is 2.47. The molecule has 0 aromatic heterocycles. The Labute approximate surface area is 142 Å². The highest BCUT2D eigenvalue weighted by atomic mass is 16.5. The number of hydrogen-bond donors (Lipinski definition) is 1. The van der Waals surface area contributed by atoms with E-state index in [4.69, 9.17) is 4.74 Å². The summed E-state index contributed by atoms with van der Waals surface area (Å²) in [5, 5.41) is 2.84. The monoisotopic (exact) mass is 325 g/mol. The van der Waals surface area contributed by atoms with Crippen LogP contribution in [0.4, 0.5) is 5.69 Å². The van der Waals surface area contributed by atoms with E-state index in [1.807, 2.05) is 51.1 Å². The minimum absolute atomic E-state index is 0.300. The SMILES string of the molecule is CCc1ccc(C(=O)OCC(=O)Nc2c(C)cccc2CC)cc1. The van der Waals surface area contributed by atoms with E-state index in [0.29, 0.717) is 5.56 Å². The van der Waals surface area contributed by atoms with Gasteiger partial charge in [-0.1, -0.05) is 44.2 Å². The summed E-state index contributed by atoms with van der Waals surface area (Å²) >= 11 is 0. The highest BCUT2D eigenvalue weighted by Crippen LogP contribution is 2.20. The van der Waals surface area contributed by atoms with Crippen molar-refractivity contribution < 1.29 is 14.3 Å². The Morgan fingerprint density at radius 1 is 1.00 bits per heavy atom. The molecule has 2 rings (SSSR count). The minimum atomic E-state index is -0.492. The van der Waals surface area contributed by atoms with Gasteiger partial charge in [-0.3, -0.25) is 4.79 Å². The molecule has 0 aliphatic rings. The van der Waals surface area contributed by atoms with Crippen molar-refractivity contribution in [3.05, 3.63) is 64.7 Å². The first-order chi connectivity index (χ1) is 11.5. The number of carbonyl (C=O) groups is 2. The number of amides is 1. The molecule has 0 saturated heterocycles. The molecule has 0 fully saturated rings. The fourth-order valence-corrected chi connectivity index (χ4v) is 2.47. The Kier molecular flexibility index (Phi) is 6.13. The number of aryl methyl sites for hydroxylation is 3. The summed E-state index contributed by atoms with van der Waals surface area (Å²) in [7, 11) is 0. The normalized spacial score (nSPS) is 10.3. The molecule has 4 heteroatoms. The highest BCUT2D eigenvalue weighted by molar-refractivity contribution is 5.96. The first-order valence-corrected chi connectivity index (χ1v) is 8.19. The molecule has 24 heavy (non-hydrogen) atoms. The molecule has 2 aromatic rings. The van der Waals surface area contributed by atoms with Crippen molar-refractivity contribution in [3.63, 3.8) is 0 Å². The lowest BCUT2D eigenvalue weighted by Gasteiger charge is -2.13. The van der Waals surface area contributed by atoms with Crippen LogP contribution in [0, 0.1) is 6.92 Å². The van der Waals surface area contributed by atoms with Crippen LogP contribution in [0.3, 0.4) is 0 Å². The van der Waals surface area contributed by atoms with Crippen molar-refractivity contribution in [2.75, 3.05) is 11.9 Å². The van der Waals surface area contributed by atoms with Gasteiger partial charge in [-0.05, 0) is 48.6 Å². The van der Waals surface area contributed by atoms with Crippen LogP contribution >= 0.6 is 0 Å². The molecule has 0 aliphatic carbocycles. The molecule has 0 bridgehead atoms. The largest absolute Gasteiger partial charge is 0.452 e. The van der Waals surface area contributed by atoms with Crippen LogP contribution in [0.5, 0.6) is 0 Å². The lowest BCUT2D eigenvalue weighted by atomic mass is 10.1. The van der Waals surface area contributed by atoms with E-state index in [-0.39, 0.29) is 12.5 Å². The maximum Gasteiger partial charge on any atom is 0.338 e. The van der Waals surface area contributed by atoms with Crippen LogP contribution in [0.2, 0.25) is 0 Å². The Balaban J connectivity index is 1.94. The van der Waals surface area contributed by atoms with Gasteiger partial charge in [0.25, 0.3) is 5.91 Å². The van der Waals surface area contributed by atoms with Gasteiger partial charge in [0, 0.05) is 5.69 Å². The molecule has 2 aromatic carbocycles. The third-order valence-corrected chi connectivity index (χ3v) is 3.94. The Hall–Kier alpha value is -2.62. The van der Waals surface area contributed by atoms with Gasteiger partial charge in [0.05, 0.1) is 5.56 Å². The first kappa shape index (κ1) is 17.7. The lowest BCUT2D eigenvalue weighted by molar-refractivity contribution is -0.119. The number of para-hydroxylation sites is 1. The second-order valence-corrected chi connectivity index (χ2v) is 5.64. The predicted octanol–water partition coefficient (Wildman–Crippen LogP) is 3.92. The molecule has 1 N–H and O–H groups in total. The van der Waals surface area contributed by atoms with E-state index in [1.165, 1.54) is 0 Å². The van der Waals surface area contributed by atoms with E-state index >= 15 is 0 Å². The second kappa shape index (κ2) is 8.29. The number of esters is 1. The summed E-state index contributed by atoms with van der Waals surface area (Å²) in [5.41, 5.74) is 4.45. The van der Waals surface area contributed by atoms with Gasteiger partial charge in [0.1, 0.15) is 0 Å². The predicted molar refractivity (Wildman–Crippen MR) is 95.3 cm³/mol. The summed E-state index contributed by atoms with van der Waals surface area (Å²) in [5.74, 6) is -0.828. The van der Waals surface area contributed by atoms with Crippen molar-refractivity contribution in [1.82, 2.24) is 0 Å². The van der Waals surface area contributed by atoms with E-state index in [1.54, 1.807) is 12.1 Å². The van der Waals surface area contributed by atoms with Crippen molar-refractivity contribution in [2.45, 2.75) is 33.6 Å². The molecule has 4 nitrogen and oxygen atoms in total. The number of carbonyl (C=O) groups excluding carboxylic acids is 2. The quantitative estimate of drug-likeness (QED) is 0.819. The van der Waals surface area contributed by atoms with Gasteiger partial charge in [-0.15, -0.1) is 0 Å². The van der Waals surface area contributed by atoms with E-state index in [9.17, 15) is 9.59 Å². The van der Waals surface area contributed by atoms with Crippen LogP contribution in [0.1, 0.15) is 40.9 Å². The topological polar surface area (TPSA) is 55.4 Å². The van der Waals surface area contributed by atoms with Gasteiger partial charge in [-0.25, -0.2) is 4.79 Å². The van der Waals surface area contributed by atoms with Crippen molar-refractivity contribution in [3.8, 4) is 0 Å². The Morgan fingerprint density at radius 2 is 1.71 bits per heavy atom. The summed E-state index contributed by atoms with van der Waals surface area (Å²) < 4.78 is 5.10.